The number of nitrogens with one attached hydrogen (secondary N) is 1. The zero-order chi connectivity index (χ0) is 19.7. The summed E-state index contributed by atoms with van der Waals surface area (Å²) in [4.78, 5) is 16.9. The van der Waals surface area contributed by atoms with Crippen LogP contribution in [0.25, 0.3) is 11.3 Å². The first-order chi connectivity index (χ1) is 13.6. The minimum atomic E-state index is -0.346. The van der Waals surface area contributed by atoms with Gasteiger partial charge in [0.15, 0.2) is 11.4 Å². The number of nitrogens with zero attached hydrogens (tertiary/aromatic N) is 2. The molecule has 7 heteroatoms. The van der Waals surface area contributed by atoms with Gasteiger partial charge in [-0.25, -0.2) is 9.38 Å². The molecule has 3 aromatic rings. The second-order valence-corrected chi connectivity index (χ2v) is 7.48. The van der Waals surface area contributed by atoms with Crippen LogP contribution in [0.15, 0.2) is 52.8 Å². The molecule has 5 nitrogen and oxygen atoms in total. The molecule has 1 N–H and O–H groups in total. The highest BCUT2D eigenvalue weighted by molar-refractivity contribution is 7.07. The van der Waals surface area contributed by atoms with Crippen molar-refractivity contribution in [1.29, 1.82) is 0 Å². The Morgan fingerprint density at radius 1 is 1.32 bits per heavy atom. The number of hydrogen-bond donors (Lipinski definition) is 1. The maximum absolute atomic E-state index is 14.1. The van der Waals surface area contributed by atoms with Crippen LogP contribution in [0.4, 0.5) is 15.8 Å². The molecule has 1 aromatic heterocycles. The molecule has 0 fully saturated rings. The normalized spacial score (nSPS) is 15.0. The molecule has 1 aliphatic rings. The van der Waals surface area contributed by atoms with Crippen LogP contribution in [-0.4, -0.2) is 17.1 Å². The van der Waals surface area contributed by atoms with E-state index in [0.29, 0.717) is 17.1 Å². The maximum atomic E-state index is 14.1. The number of benzene rings is 2. The van der Waals surface area contributed by atoms with E-state index in [1.165, 1.54) is 17.4 Å². The first-order valence-corrected chi connectivity index (χ1v) is 10.0. The molecule has 0 aliphatic carbocycles. The fourth-order valence-electron chi connectivity index (χ4n) is 3.11. The molecule has 4 rings (SSSR count). The van der Waals surface area contributed by atoms with Crippen LogP contribution in [0.2, 0.25) is 0 Å². The summed E-state index contributed by atoms with van der Waals surface area (Å²) in [5.41, 5.74) is 2.88. The lowest BCUT2D eigenvalue weighted by Crippen LogP contribution is -2.25. The first kappa shape index (κ1) is 18.4. The average Bonchev–Trinajstić information content (AvgIpc) is 3.12. The zero-order valence-corrected chi connectivity index (χ0v) is 16.4. The van der Waals surface area contributed by atoms with Crippen molar-refractivity contribution in [2.75, 3.05) is 11.9 Å². The van der Waals surface area contributed by atoms with Crippen LogP contribution in [0.3, 0.4) is 0 Å². The average molecular weight is 397 g/mol. The van der Waals surface area contributed by atoms with E-state index in [1.807, 2.05) is 23.6 Å². The van der Waals surface area contributed by atoms with Gasteiger partial charge in [-0.1, -0.05) is 19.1 Å². The Morgan fingerprint density at radius 3 is 2.93 bits per heavy atom. The van der Waals surface area contributed by atoms with Crippen LogP contribution in [-0.2, 0) is 4.79 Å². The standard InChI is InChI=1S/C21H20FN3O2S/c1-3-13(2)25-18(12-28-21(25)24-16-7-5-4-6-15(16)22)14-8-9-19-17(10-14)23-20(26)11-27-19/h4-10,12-13H,3,11H2,1-2H3,(H,23,26). The summed E-state index contributed by atoms with van der Waals surface area (Å²) in [7, 11) is 0. The van der Waals surface area contributed by atoms with E-state index >= 15 is 0 Å². The number of para-hydroxylation sites is 1. The van der Waals surface area contributed by atoms with Crippen molar-refractivity contribution in [2.45, 2.75) is 26.3 Å². The predicted molar refractivity (Wildman–Crippen MR) is 108 cm³/mol. The van der Waals surface area contributed by atoms with Gasteiger partial charge in [0.2, 0.25) is 0 Å². The molecule has 0 radical (unpaired) electrons. The summed E-state index contributed by atoms with van der Waals surface area (Å²) >= 11 is 1.47. The second kappa shape index (κ2) is 7.59. The van der Waals surface area contributed by atoms with Gasteiger partial charge >= 0.3 is 0 Å². The lowest BCUT2D eigenvalue weighted by atomic mass is 10.1. The summed E-state index contributed by atoms with van der Waals surface area (Å²) in [6, 6.07) is 12.4. The minimum Gasteiger partial charge on any atom is -0.482 e. The Kier molecular flexibility index (Phi) is 5.00. The summed E-state index contributed by atoms with van der Waals surface area (Å²) in [6.45, 7) is 4.25. The molecule has 28 heavy (non-hydrogen) atoms. The monoisotopic (exact) mass is 397 g/mol. The summed E-state index contributed by atoms with van der Waals surface area (Å²) in [6.07, 6.45) is 0.902. The predicted octanol–water partition coefficient (Wildman–Crippen LogP) is 4.89. The van der Waals surface area contributed by atoms with Gasteiger partial charge in [0.05, 0.1) is 11.4 Å². The number of halogens is 1. The number of anilines is 1. The topological polar surface area (TPSA) is 55.6 Å². The van der Waals surface area contributed by atoms with E-state index < -0.39 is 0 Å². The smallest absolute Gasteiger partial charge is 0.262 e. The van der Waals surface area contributed by atoms with Gasteiger partial charge < -0.3 is 14.6 Å². The zero-order valence-electron chi connectivity index (χ0n) is 15.6. The van der Waals surface area contributed by atoms with E-state index in [1.54, 1.807) is 18.2 Å². The van der Waals surface area contributed by atoms with Gasteiger partial charge in [0, 0.05) is 17.0 Å². The lowest BCUT2D eigenvalue weighted by Gasteiger charge is -2.20. The van der Waals surface area contributed by atoms with Crippen molar-refractivity contribution in [1.82, 2.24) is 4.57 Å². The first-order valence-electron chi connectivity index (χ1n) is 9.13. The third-order valence-electron chi connectivity index (χ3n) is 4.75. The number of amides is 1. The van der Waals surface area contributed by atoms with E-state index in [9.17, 15) is 9.18 Å². The number of thiazole rings is 1. The molecule has 0 spiro atoms. The van der Waals surface area contributed by atoms with Gasteiger partial charge in [-0.3, -0.25) is 4.79 Å². The number of fused-ring (bicyclic) bond motifs is 1. The number of aromatic nitrogens is 1. The molecule has 2 aromatic carbocycles. The summed E-state index contributed by atoms with van der Waals surface area (Å²) in [5.74, 6) is 0.145. The van der Waals surface area contributed by atoms with Crippen LogP contribution in [0, 0.1) is 5.82 Å². The fourth-order valence-corrected chi connectivity index (χ4v) is 4.12. The van der Waals surface area contributed by atoms with Crippen LogP contribution in [0.5, 0.6) is 5.75 Å². The Morgan fingerprint density at radius 2 is 2.14 bits per heavy atom. The Labute approximate surface area is 166 Å². The number of ether oxygens (including phenoxy) is 1. The Bertz CT molecular complexity index is 1100. The second-order valence-electron chi connectivity index (χ2n) is 6.64. The van der Waals surface area contributed by atoms with E-state index in [2.05, 4.69) is 28.7 Å². The van der Waals surface area contributed by atoms with Gasteiger partial charge in [-0.2, -0.15) is 0 Å². The van der Waals surface area contributed by atoms with Gasteiger partial charge in [-0.15, -0.1) is 11.3 Å². The van der Waals surface area contributed by atoms with Crippen molar-refractivity contribution in [3.63, 3.8) is 0 Å². The van der Waals surface area contributed by atoms with Gasteiger partial charge in [0.1, 0.15) is 17.3 Å². The van der Waals surface area contributed by atoms with Crippen molar-refractivity contribution in [3.05, 3.63) is 58.5 Å². The van der Waals surface area contributed by atoms with E-state index in [0.717, 1.165) is 22.5 Å². The Hall–Kier alpha value is -2.93. The molecule has 1 amide bonds. The number of carbonyl (C=O) groups excluding carboxylic acids is 1. The highest BCUT2D eigenvalue weighted by Crippen LogP contribution is 2.34. The minimum absolute atomic E-state index is 0.0311. The van der Waals surface area contributed by atoms with Crippen LogP contribution >= 0.6 is 11.3 Å². The van der Waals surface area contributed by atoms with Crippen molar-refractivity contribution < 1.29 is 13.9 Å². The highest BCUT2D eigenvalue weighted by atomic mass is 32.1. The molecular weight excluding hydrogens is 377 g/mol. The van der Waals surface area contributed by atoms with Crippen LogP contribution in [0.1, 0.15) is 26.3 Å². The van der Waals surface area contributed by atoms with Gasteiger partial charge in [-0.05, 0) is 43.7 Å². The molecule has 0 saturated heterocycles. The third kappa shape index (κ3) is 3.45. The molecule has 0 saturated carbocycles. The number of rotatable bonds is 4. The third-order valence-corrected chi connectivity index (χ3v) is 5.59. The highest BCUT2D eigenvalue weighted by Gasteiger charge is 2.19. The summed E-state index contributed by atoms with van der Waals surface area (Å²) < 4.78 is 21.7. The molecule has 0 bridgehead atoms. The fraction of sp³-hybridized carbons (Fsp3) is 0.238. The van der Waals surface area contributed by atoms with Crippen LogP contribution < -0.4 is 14.9 Å². The SMILES string of the molecule is CCC(C)n1c(-c2ccc3c(c2)NC(=O)CO3)csc1=Nc1ccccc1F. The van der Waals surface area contributed by atoms with Crippen molar-refractivity contribution in [3.8, 4) is 17.0 Å². The number of carbonyl (C=O) groups is 1. The Balaban J connectivity index is 1.85. The number of hydrogen-bond acceptors (Lipinski definition) is 4. The maximum Gasteiger partial charge on any atom is 0.262 e. The molecule has 1 unspecified atom stereocenters. The lowest BCUT2D eigenvalue weighted by molar-refractivity contribution is -0.118. The van der Waals surface area contributed by atoms with E-state index in [4.69, 9.17) is 4.74 Å². The molecule has 2 heterocycles. The van der Waals surface area contributed by atoms with E-state index in [-0.39, 0.29) is 24.4 Å². The van der Waals surface area contributed by atoms with Gasteiger partial charge in [0.25, 0.3) is 5.91 Å². The molecule has 144 valence electrons. The van der Waals surface area contributed by atoms with Crippen molar-refractivity contribution in [2.24, 2.45) is 4.99 Å². The largest absolute Gasteiger partial charge is 0.482 e. The molecule has 1 aliphatic heterocycles. The van der Waals surface area contributed by atoms with Crippen molar-refractivity contribution >= 4 is 28.6 Å². The summed E-state index contributed by atoms with van der Waals surface area (Å²) in [5, 5.41) is 4.86. The quantitative estimate of drug-likeness (QED) is 0.681. The molecule has 1 atom stereocenters. The molecular formula is C21H20FN3O2S.